The Morgan fingerprint density at radius 1 is 1.17 bits per heavy atom. The highest BCUT2D eigenvalue weighted by Crippen LogP contribution is 2.29. The van der Waals surface area contributed by atoms with Gasteiger partial charge in [0.25, 0.3) is 5.91 Å². The van der Waals surface area contributed by atoms with E-state index in [0.717, 1.165) is 29.8 Å². The molecule has 1 amide bonds. The Balaban J connectivity index is 1.63. The van der Waals surface area contributed by atoms with Gasteiger partial charge in [-0.2, -0.15) is 13.2 Å². The van der Waals surface area contributed by atoms with Crippen LogP contribution in [0.15, 0.2) is 36.5 Å². The highest BCUT2D eigenvalue weighted by Gasteiger charge is 2.29. The lowest BCUT2D eigenvalue weighted by Crippen LogP contribution is -2.24. The van der Waals surface area contributed by atoms with Crippen LogP contribution in [0.1, 0.15) is 32.7 Å². The third-order valence-corrected chi connectivity index (χ3v) is 3.68. The first-order valence-electron chi connectivity index (χ1n) is 7.06. The monoisotopic (exact) mass is 321 g/mol. The van der Waals surface area contributed by atoms with Crippen LogP contribution in [-0.4, -0.2) is 10.9 Å². The lowest BCUT2D eigenvalue weighted by molar-refractivity contribution is -0.137. The lowest BCUT2D eigenvalue weighted by Gasteiger charge is -2.09. The van der Waals surface area contributed by atoms with Crippen molar-refractivity contribution in [3.63, 3.8) is 0 Å². The van der Waals surface area contributed by atoms with Gasteiger partial charge in [-0.25, -0.2) is 0 Å². The Morgan fingerprint density at radius 2 is 1.87 bits per heavy atom. The summed E-state index contributed by atoms with van der Waals surface area (Å²) in [7, 11) is 0. The van der Waals surface area contributed by atoms with E-state index in [1.807, 2.05) is 0 Å². The van der Waals surface area contributed by atoms with Crippen LogP contribution in [-0.2, 0) is 25.8 Å². The van der Waals surface area contributed by atoms with Gasteiger partial charge in [0.2, 0.25) is 0 Å². The summed E-state index contributed by atoms with van der Waals surface area (Å²) in [6.07, 6.45) is -2.69. The van der Waals surface area contributed by atoms with E-state index >= 15 is 0 Å². The number of alkyl halides is 3. The summed E-state index contributed by atoms with van der Waals surface area (Å²) in [5, 5.41) is 5.83. The van der Waals surface area contributed by atoms with Crippen molar-refractivity contribution in [2.24, 2.45) is 0 Å². The number of halogens is 3. The van der Waals surface area contributed by atoms with Gasteiger partial charge in [0.05, 0.1) is 5.56 Å². The number of benzene rings is 1. The number of fused-ring (bicyclic) bond motifs is 1. The van der Waals surface area contributed by atoms with E-state index < -0.39 is 11.7 Å². The Hall–Kier alpha value is -2.41. The molecule has 2 N–H and O–H groups in total. The van der Waals surface area contributed by atoms with Gasteiger partial charge in [-0.1, -0.05) is 12.1 Å². The molecule has 0 unspecified atom stereocenters. The molecule has 0 atom stereocenters. The highest BCUT2D eigenvalue weighted by atomic mass is 19.4. The van der Waals surface area contributed by atoms with Crippen LogP contribution in [0.4, 0.5) is 13.2 Å². The van der Waals surface area contributed by atoms with Gasteiger partial charge in [0.15, 0.2) is 0 Å². The first-order valence-corrected chi connectivity index (χ1v) is 7.06. The van der Waals surface area contributed by atoms with E-state index in [1.165, 1.54) is 12.1 Å². The summed E-state index contributed by atoms with van der Waals surface area (Å²) < 4.78 is 37.4. The van der Waals surface area contributed by atoms with Gasteiger partial charge in [-0.15, -0.1) is 0 Å². The number of rotatable bonds is 3. The van der Waals surface area contributed by atoms with Crippen LogP contribution in [0.2, 0.25) is 0 Å². The molecule has 3 rings (SSSR count). The van der Waals surface area contributed by atoms with E-state index in [-0.39, 0.29) is 12.5 Å². The number of nitrogens with zero attached hydrogens (tertiary/aromatic N) is 1. The van der Waals surface area contributed by atoms with Crippen molar-refractivity contribution < 1.29 is 18.0 Å². The van der Waals surface area contributed by atoms with Gasteiger partial charge < -0.3 is 10.6 Å². The van der Waals surface area contributed by atoms with Crippen LogP contribution < -0.4 is 10.6 Å². The molecule has 2 aromatic rings. The summed E-state index contributed by atoms with van der Waals surface area (Å²) in [5.41, 5.74) is 2.30. The van der Waals surface area contributed by atoms with Crippen molar-refractivity contribution >= 4 is 5.91 Å². The molecular formula is C16H14F3N3O. The summed E-state index contributed by atoms with van der Waals surface area (Å²) in [6, 6.07) is 6.44. The molecule has 0 radical (unpaired) electrons. The van der Waals surface area contributed by atoms with Crippen molar-refractivity contribution in [2.75, 3.05) is 0 Å². The number of carbonyl (C=O) groups excluding carboxylic acids is 1. The molecule has 23 heavy (non-hydrogen) atoms. The number of aromatic nitrogens is 1. The number of hydrogen-bond acceptors (Lipinski definition) is 3. The minimum atomic E-state index is -4.36. The SMILES string of the molecule is O=C(NCc1ccc(C(F)(F)F)cc1)c1cc2c(cn1)CNC2. The Labute approximate surface area is 130 Å². The number of pyridine rings is 1. The third-order valence-electron chi connectivity index (χ3n) is 3.68. The van der Waals surface area contributed by atoms with Crippen molar-refractivity contribution in [2.45, 2.75) is 25.8 Å². The molecule has 0 saturated heterocycles. The molecule has 1 aliphatic heterocycles. The summed E-state index contributed by atoms with van der Waals surface area (Å²) in [5.74, 6) is -0.348. The summed E-state index contributed by atoms with van der Waals surface area (Å²) in [6.45, 7) is 1.60. The molecule has 1 aromatic carbocycles. The maximum atomic E-state index is 12.5. The zero-order valence-corrected chi connectivity index (χ0v) is 12.1. The van der Waals surface area contributed by atoms with Gasteiger partial charge >= 0.3 is 6.18 Å². The molecule has 0 saturated carbocycles. The number of hydrogen-bond donors (Lipinski definition) is 2. The number of amides is 1. The smallest absolute Gasteiger partial charge is 0.347 e. The van der Waals surface area contributed by atoms with Gasteiger partial charge in [-0.3, -0.25) is 9.78 Å². The minimum Gasteiger partial charge on any atom is -0.347 e. The Bertz CT molecular complexity index is 726. The fourth-order valence-electron chi connectivity index (χ4n) is 2.39. The summed E-state index contributed by atoms with van der Waals surface area (Å²) in [4.78, 5) is 16.2. The molecule has 7 heteroatoms. The van der Waals surface area contributed by atoms with Gasteiger partial charge in [0, 0.05) is 25.8 Å². The van der Waals surface area contributed by atoms with Crippen LogP contribution in [0.3, 0.4) is 0 Å². The fraction of sp³-hybridized carbons (Fsp3) is 0.250. The molecule has 2 heterocycles. The number of carbonyl (C=O) groups is 1. The van der Waals surface area contributed by atoms with Crippen molar-refractivity contribution in [1.29, 1.82) is 0 Å². The molecule has 0 fully saturated rings. The van der Waals surface area contributed by atoms with E-state index in [9.17, 15) is 18.0 Å². The van der Waals surface area contributed by atoms with Crippen LogP contribution in [0.5, 0.6) is 0 Å². The molecule has 1 aromatic heterocycles. The van der Waals surface area contributed by atoms with E-state index in [1.54, 1.807) is 12.3 Å². The zero-order chi connectivity index (χ0) is 16.4. The quantitative estimate of drug-likeness (QED) is 0.914. The second kappa shape index (κ2) is 6.00. The molecular weight excluding hydrogens is 307 g/mol. The van der Waals surface area contributed by atoms with E-state index in [4.69, 9.17) is 0 Å². The van der Waals surface area contributed by atoms with Crippen molar-refractivity contribution in [1.82, 2.24) is 15.6 Å². The minimum absolute atomic E-state index is 0.147. The second-order valence-electron chi connectivity index (χ2n) is 5.32. The zero-order valence-electron chi connectivity index (χ0n) is 12.1. The number of nitrogens with one attached hydrogen (secondary N) is 2. The Kier molecular flexibility index (Phi) is 4.04. The Morgan fingerprint density at radius 3 is 2.57 bits per heavy atom. The molecule has 0 aliphatic carbocycles. The maximum Gasteiger partial charge on any atom is 0.416 e. The van der Waals surface area contributed by atoms with Crippen molar-refractivity contribution in [3.8, 4) is 0 Å². The van der Waals surface area contributed by atoms with Crippen LogP contribution in [0.25, 0.3) is 0 Å². The predicted octanol–water partition coefficient (Wildman–Crippen LogP) is 2.63. The first-order chi connectivity index (χ1) is 10.9. The molecule has 4 nitrogen and oxygen atoms in total. The summed E-state index contributed by atoms with van der Waals surface area (Å²) >= 11 is 0. The second-order valence-corrected chi connectivity index (χ2v) is 5.32. The average Bonchev–Trinajstić information content (AvgIpc) is 2.99. The molecule has 0 spiro atoms. The average molecular weight is 321 g/mol. The first kappa shape index (κ1) is 15.5. The molecule has 120 valence electrons. The standard InChI is InChI=1S/C16H14F3N3O/c17-16(18,19)13-3-1-10(2-4-13)6-22-15(23)14-5-11-7-20-8-12(11)9-21-14/h1-5,9,20H,6-8H2,(H,22,23). The van der Waals surface area contributed by atoms with Gasteiger partial charge in [-0.05, 0) is 34.9 Å². The van der Waals surface area contributed by atoms with E-state index in [2.05, 4.69) is 15.6 Å². The molecule has 1 aliphatic rings. The maximum absolute atomic E-state index is 12.5. The van der Waals surface area contributed by atoms with Crippen LogP contribution in [0, 0.1) is 0 Å². The highest BCUT2D eigenvalue weighted by molar-refractivity contribution is 5.92. The van der Waals surface area contributed by atoms with Crippen LogP contribution >= 0.6 is 0 Å². The van der Waals surface area contributed by atoms with Crippen molar-refractivity contribution in [3.05, 3.63) is 64.5 Å². The predicted molar refractivity (Wildman–Crippen MR) is 77.4 cm³/mol. The molecule has 0 bridgehead atoms. The fourth-order valence-corrected chi connectivity index (χ4v) is 2.39. The van der Waals surface area contributed by atoms with E-state index in [0.29, 0.717) is 17.8 Å². The normalized spacial score (nSPS) is 13.7. The largest absolute Gasteiger partial charge is 0.416 e. The third kappa shape index (κ3) is 3.50. The lowest BCUT2D eigenvalue weighted by atomic mass is 10.1. The van der Waals surface area contributed by atoms with Gasteiger partial charge in [0.1, 0.15) is 5.69 Å². The topological polar surface area (TPSA) is 54.0 Å².